The van der Waals surface area contributed by atoms with Gasteiger partial charge in [0.2, 0.25) is 0 Å². The largest absolute Gasteiger partial charge is 0.392 e. The molecule has 0 radical (unpaired) electrons. The molecule has 0 aromatic heterocycles. The van der Waals surface area contributed by atoms with Gasteiger partial charge in [-0.25, -0.2) is 0 Å². The summed E-state index contributed by atoms with van der Waals surface area (Å²) in [4.78, 5) is 0. The van der Waals surface area contributed by atoms with Gasteiger partial charge in [0, 0.05) is 11.5 Å². The van der Waals surface area contributed by atoms with Gasteiger partial charge in [-0.2, -0.15) is 0 Å². The van der Waals surface area contributed by atoms with Crippen molar-refractivity contribution in [3.8, 4) is 11.8 Å². The zero-order chi connectivity index (χ0) is 10.5. The van der Waals surface area contributed by atoms with Crippen LogP contribution in [0.15, 0.2) is 30.3 Å². The average Bonchev–Trinajstić information content (AvgIpc) is 2.29. The van der Waals surface area contributed by atoms with E-state index in [1.54, 1.807) is 0 Å². The molecule has 0 saturated heterocycles. The molecule has 0 amide bonds. The van der Waals surface area contributed by atoms with Crippen molar-refractivity contribution in [2.75, 3.05) is 0 Å². The van der Waals surface area contributed by atoms with Crippen LogP contribution in [0.5, 0.6) is 0 Å². The highest BCUT2D eigenvalue weighted by atomic mass is 16.3. The van der Waals surface area contributed by atoms with Crippen LogP contribution in [0.25, 0.3) is 0 Å². The summed E-state index contributed by atoms with van der Waals surface area (Å²) in [5.41, 5.74) is 1.04. The van der Waals surface area contributed by atoms with E-state index in [4.69, 9.17) is 0 Å². The minimum atomic E-state index is -0.213. The summed E-state index contributed by atoms with van der Waals surface area (Å²) in [6.45, 7) is 0. The van der Waals surface area contributed by atoms with Crippen molar-refractivity contribution in [1.29, 1.82) is 0 Å². The van der Waals surface area contributed by atoms with Crippen LogP contribution in [-0.4, -0.2) is 11.2 Å². The first kappa shape index (κ1) is 10.3. The Morgan fingerprint density at radius 3 is 2.53 bits per heavy atom. The van der Waals surface area contributed by atoms with Crippen LogP contribution < -0.4 is 0 Å². The highest BCUT2D eigenvalue weighted by molar-refractivity contribution is 5.34. The second kappa shape index (κ2) is 5.00. The zero-order valence-electron chi connectivity index (χ0n) is 8.82. The van der Waals surface area contributed by atoms with Gasteiger partial charge >= 0.3 is 0 Å². The second-order valence-corrected chi connectivity index (χ2v) is 4.09. The Morgan fingerprint density at radius 2 is 1.80 bits per heavy atom. The van der Waals surface area contributed by atoms with Gasteiger partial charge in [-0.3, -0.25) is 0 Å². The number of aliphatic hydroxyl groups is 1. The lowest BCUT2D eigenvalue weighted by atomic mass is 9.87. The number of rotatable bonds is 0. The van der Waals surface area contributed by atoms with Gasteiger partial charge in [0.1, 0.15) is 0 Å². The standard InChI is InChI=1S/C14H16O/c15-14-9-5-4-8-13(14)11-10-12-6-2-1-3-7-12/h1-3,6-7,13-15H,4-5,8-9H2/t13-,14+/m0/s1. The molecule has 0 unspecified atom stereocenters. The lowest BCUT2D eigenvalue weighted by molar-refractivity contribution is 0.0970. The molecule has 1 aliphatic rings. The Labute approximate surface area is 91.1 Å². The van der Waals surface area contributed by atoms with Crippen LogP contribution in [0, 0.1) is 17.8 Å². The highest BCUT2D eigenvalue weighted by Gasteiger charge is 2.20. The van der Waals surface area contributed by atoms with Crippen LogP contribution in [0.3, 0.4) is 0 Å². The maximum atomic E-state index is 9.74. The van der Waals surface area contributed by atoms with E-state index < -0.39 is 0 Å². The van der Waals surface area contributed by atoms with Gasteiger partial charge in [-0.05, 0) is 25.0 Å². The fraction of sp³-hybridized carbons (Fsp3) is 0.429. The lowest BCUT2D eigenvalue weighted by Crippen LogP contribution is -2.22. The van der Waals surface area contributed by atoms with E-state index in [2.05, 4.69) is 11.8 Å². The number of hydrogen-bond donors (Lipinski definition) is 1. The molecule has 1 N–H and O–H groups in total. The van der Waals surface area contributed by atoms with Gasteiger partial charge < -0.3 is 5.11 Å². The molecule has 1 saturated carbocycles. The Kier molecular flexibility index (Phi) is 3.42. The maximum Gasteiger partial charge on any atom is 0.0677 e. The van der Waals surface area contributed by atoms with Gasteiger partial charge in [0.05, 0.1) is 6.10 Å². The fourth-order valence-corrected chi connectivity index (χ4v) is 1.98. The van der Waals surface area contributed by atoms with E-state index in [1.807, 2.05) is 30.3 Å². The van der Waals surface area contributed by atoms with Crippen molar-refractivity contribution in [2.45, 2.75) is 31.8 Å². The monoisotopic (exact) mass is 200 g/mol. The van der Waals surface area contributed by atoms with Gasteiger partial charge in [0.25, 0.3) is 0 Å². The fourth-order valence-electron chi connectivity index (χ4n) is 1.98. The third-order valence-corrected chi connectivity index (χ3v) is 2.91. The molecular weight excluding hydrogens is 184 g/mol. The molecule has 1 fully saturated rings. The second-order valence-electron chi connectivity index (χ2n) is 4.09. The van der Waals surface area contributed by atoms with Gasteiger partial charge in [0.15, 0.2) is 0 Å². The van der Waals surface area contributed by atoms with Gasteiger partial charge in [-0.15, -0.1) is 0 Å². The van der Waals surface area contributed by atoms with Crippen molar-refractivity contribution < 1.29 is 5.11 Å². The van der Waals surface area contributed by atoms with Crippen LogP contribution in [0.2, 0.25) is 0 Å². The molecule has 2 rings (SSSR count). The van der Waals surface area contributed by atoms with Crippen molar-refractivity contribution in [1.82, 2.24) is 0 Å². The van der Waals surface area contributed by atoms with Crippen LogP contribution in [0.1, 0.15) is 31.2 Å². The smallest absolute Gasteiger partial charge is 0.0677 e. The number of benzene rings is 1. The molecule has 2 atom stereocenters. The molecule has 0 aliphatic heterocycles. The van der Waals surface area contributed by atoms with E-state index in [1.165, 1.54) is 6.42 Å². The number of aliphatic hydroxyl groups excluding tert-OH is 1. The Morgan fingerprint density at radius 1 is 1.07 bits per heavy atom. The summed E-state index contributed by atoms with van der Waals surface area (Å²) in [5.74, 6) is 6.50. The summed E-state index contributed by atoms with van der Waals surface area (Å²) in [5, 5.41) is 9.74. The van der Waals surface area contributed by atoms with Crippen LogP contribution in [-0.2, 0) is 0 Å². The number of hydrogen-bond acceptors (Lipinski definition) is 1. The van der Waals surface area contributed by atoms with Crippen molar-refractivity contribution >= 4 is 0 Å². The first-order valence-electron chi connectivity index (χ1n) is 5.61. The Balaban J connectivity index is 2.04. The topological polar surface area (TPSA) is 20.2 Å². The molecule has 0 spiro atoms. The molecule has 0 bridgehead atoms. The van der Waals surface area contributed by atoms with Gasteiger partial charge in [-0.1, -0.05) is 42.9 Å². The molecule has 0 heterocycles. The molecule has 78 valence electrons. The minimum absolute atomic E-state index is 0.180. The van der Waals surface area contributed by atoms with Crippen molar-refractivity contribution in [2.24, 2.45) is 5.92 Å². The molecule has 15 heavy (non-hydrogen) atoms. The quantitative estimate of drug-likeness (QED) is 0.638. The van der Waals surface area contributed by atoms with Crippen LogP contribution >= 0.6 is 0 Å². The minimum Gasteiger partial charge on any atom is -0.392 e. The third-order valence-electron chi connectivity index (χ3n) is 2.91. The molecule has 1 aromatic rings. The predicted octanol–water partition coefficient (Wildman–Crippen LogP) is 2.59. The summed E-state index contributed by atoms with van der Waals surface area (Å²) >= 11 is 0. The van der Waals surface area contributed by atoms with Crippen LogP contribution in [0.4, 0.5) is 0 Å². The van der Waals surface area contributed by atoms with Crippen molar-refractivity contribution in [3.63, 3.8) is 0 Å². The highest BCUT2D eigenvalue weighted by Crippen LogP contribution is 2.23. The van der Waals surface area contributed by atoms with E-state index in [-0.39, 0.29) is 12.0 Å². The Hall–Kier alpha value is -1.26. The Bertz CT molecular complexity index is 358. The molecule has 1 heteroatoms. The van der Waals surface area contributed by atoms with E-state index in [0.29, 0.717) is 0 Å². The maximum absolute atomic E-state index is 9.74. The van der Waals surface area contributed by atoms with E-state index in [9.17, 15) is 5.11 Å². The molecule has 1 aromatic carbocycles. The lowest BCUT2D eigenvalue weighted by Gasteiger charge is -2.22. The summed E-state index contributed by atoms with van der Waals surface area (Å²) < 4.78 is 0. The predicted molar refractivity (Wildman–Crippen MR) is 61.3 cm³/mol. The molecular formula is C14H16O. The third kappa shape index (κ3) is 2.84. The van der Waals surface area contributed by atoms with E-state index >= 15 is 0 Å². The average molecular weight is 200 g/mol. The zero-order valence-corrected chi connectivity index (χ0v) is 8.82. The normalized spacial score (nSPS) is 25.4. The van der Waals surface area contributed by atoms with E-state index in [0.717, 1.165) is 24.8 Å². The molecule has 1 aliphatic carbocycles. The first-order valence-corrected chi connectivity index (χ1v) is 5.61. The summed E-state index contributed by atoms with van der Waals surface area (Å²) in [7, 11) is 0. The SMILES string of the molecule is O[C@@H]1CCCC[C@H]1C#Cc1ccccc1. The summed E-state index contributed by atoms with van der Waals surface area (Å²) in [6, 6.07) is 9.97. The first-order chi connectivity index (χ1) is 7.36. The van der Waals surface area contributed by atoms with Crippen molar-refractivity contribution in [3.05, 3.63) is 35.9 Å². The molecule has 1 nitrogen and oxygen atoms in total. The summed E-state index contributed by atoms with van der Waals surface area (Å²) in [6.07, 6.45) is 4.08.